The number of thiazole rings is 1. The number of nitrogens with zero attached hydrogens (tertiary/aromatic N) is 6. The molecule has 4 heterocycles. The van der Waals surface area contributed by atoms with Gasteiger partial charge in [-0.1, -0.05) is 11.8 Å². The maximum atomic E-state index is 12.8. The molecule has 14 nitrogen and oxygen atoms in total. The Morgan fingerprint density at radius 1 is 1.38 bits per heavy atom. The molecule has 2 aromatic heterocycles. The first-order chi connectivity index (χ1) is 16.2. The van der Waals surface area contributed by atoms with Crippen LogP contribution in [-0.2, 0) is 27.3 Å². The van der Waals surface area contributed by atoms with Crippen molar-refractivity contribution in [3.05, 3.63) is 27.1 Å². The number of carbonyl (C=O) groups is 3. The molecule has 0 bridgehead atoms. The number of rotatable bonds is 10. The Balaban J connectivity index is 0.00000228. The summed E-state index contributed by atoms with van der Waals surface area (Å²) in [5, 5.41) is 33.5. The van der Waals surface area contributed by atoms with Gasteiger partial charge in [0, 0.05) is 29.1 Å². The Morgan fingerprint density at radius 3 is 2.73 bits per heavy atom. The predicted octanol–water partition coefficient (Wildman–Crippen LogP) is -0.804. The Bertz CT molecular complexity index is 1200. The van der Waals surface area contributed by atoms with Crippen molar-refractivity contribution in [2.24, 2.45) is 0 Å². The van der Waals surface area contributed by atoms with E-state index in [2.05, 4.69) is 25.8 Å². The first-order valence-corrected chi connectivity index (χ1v) is 13.1. The zero-order chi connectivity index (χ0) is 24.4. The van der Waals surface area contributed by atoms with E-state index in [1.165, 1.54) is 39.8 Å². The van der Waals surface area contributed by atoms with Crippen LogP contribution in [0.3, 0.4) is 0 Å². The smallest absolute Gasteiger partial charge is 0.352 e. The lowest BCUT2D eigenvalue weighted by Crippen LogP contribution is -2.70. The van der Waals surface area contributed by atoms with Gasteiger partial charge in [-0.2, -0.15) is 0 Å². The third-order valence-corrected chi connectivity index (χ3v) is 8.27. The number of H-pyrrole nitrogens is 1. The fourth-order valence-corrected chi connectivity index (χ4v) is 6.48. The maximum Gasteiger partial charge on any atom is 0.352 e. The van der Waals surface area contributed by atoms with E-state index in [9.17, 15) is 19.5 Å². The second-order valence-corrected chi connectivity index (χ2v) is 10.8. The molecule has 2 atom stereocenters. The van der Waals surface area contributed by atoms with Crippen LogP contribution in [0.15, 0.2) is 21.8 Å². The van der Waals surface area contributed by atoms with E-state index in [0.717, 1.165) is 6.54 Å². The highest BCUT2D eigenvalue weighted by molar-refractivity contribution is 8.01. The van der Waals surface area contributed by atoms with E-state index in [-0.39, 0.29) is 53.1 Å². The highest BCUT2D eigenvalue weighted by Crippen LogP contribution is 2.41. The van der Waals surface area contributed by atoms with Crippen molar-refractivity contribution in [3.8, 4) is 0 Å². The fraction of sp³-hybridized carbons (Fsp3) is 0.500. The lowest BCUT2D eigenvalue weighted by Gasteiger charge is -2.49. The third-order valence-electron chi connectivity index (χ3n) is 5.14. The van der Waals surface area contributed by atoms with Crippen LogP contribution in [0.2, 0.25) is 0 Å². The second-order valence-electron chi connectivity index (χ2n) is 7.88. The monoisotopic (exact) mass is 615 g/mol. The van der Waals surface area contributed by atoms with Crippen LogP contribution < -0.4 is 10.1 Å². The summed E-state index contributed by atoms with van der Waals surface area (Å²) < 4.78 is 1.67. The molecular weight excluding hydrogens is 589 g/mol. The molecule has 2 aliphatic heterocycles. The summed E-state index contributed by atoms with van der Waals surface area (Å²) in [6.07, 6.45) is 0.0165. The summed E-state index contributed by atoms with van der Waals surface area (Å²) >= 11 is 3.92. The van der Waals surface area contributed by atoms with Gasteiger partial charge in [-0.15, -0.1) is 53.0 Å². The van der Waals surface area contributed by atoms with Gasteiger partial charge in [0.1, 0.15) is 17.1 Å². The van der Waals surface area contributed by atoms with Gasteiger partial charge in [-0.25, -0.2) is 9.48 Å². The van der Waals surface area contributed by atoms with E-state index in [1.807, 2.05) is 19.0 Å². The quantitative estimate of drug-likeness (QED) is 0.193. The molecule has 2 aromatic rings. The lowest BCUT2D eigenvalue weighted by atomic mass is 10.0. The summed E-state index contributed by atoms with van der Waals surface area (Å²) in [7, 11) is 3.90. The minimum Gasteiger partial charge on any atom is -0.477 e. The summed E-state index contributed by atoms with van der Waals surface area (Å²) in [5.41, 5.74) is 1.16. The van der Waals surface area contributed by atoms with E-state index in [1.54, 1.807) is 10.1 Å². The highest BCUT2D eigenvalue weighted by Gasteiger charge is 2.54. The SMILES string of the molecule is CN(C)CCn1nnnc1SCC1=C(C(=O)O)N2C(=O)[C@@H](NC(=O)Cc3csc(=N)[nH]3)[C@@H]2SC1.Cl.Cl.O. The van der Waals surface area contributed by atoms with Gasteiger partial charge in [0.05, 0.1) is 13.0 Å². The van der Waals surface area contributed by atoms with Gasteiger partial charge >= 0.3 is 5.97 Å². The van der Waals surface area contributed by atoms with Crippen molar-refractivity contribution in [2.45, 2.75) is 29.5 Å². The first kappa shape index (κ1) is 32.9. The number of carbonyl (C=O) groups excluding carboxylic acids is 2. The Kier molecular flexibility index (Phi) is 12.6. The molecule has 37 heavy (non-hydrogen) atoms. The van der Waals surface area contributed by atoms with Crippen molar-refractivity contribution in [1.82, 2.24) is 40.3 Å². The average molecular weight is 617 g/mol. The molecule has 1 fully saturated rings. The van der Waals surface area contributed by atoms with Crippen LogP contribution >= 0.6 is 59.7 Å². The van der Waals surface area contributed by atoms with Gasteiger partial charge < -0.3 is 25.8 Å². The number of likely N-dealkylation sites (N-methyl/N-ethyl adjacent to an activating group) is 1. The molecule has 0 saturated carbocycles. The number of tetrazole rings is 1. The molecule has 0 unspecified atom stereocenters. The molecule has 0 radical (unpaired) electrons. The maximum absolute atomic E-state index is 12.8. The van der Waals surface area contributed by atoms with Gasteiger partial charge in [0.2, 0.25) is 11.1 Å². The average Bonchev–Trinajstić information content (AvgIpc) is 3.41. The molecule has 0 aromatic carbocycles. The number of aromatic nitrogens is 5. The zero-order valence-corrected chi connectivity index (χ0v) is 23.7. The van der Waals surface area contributed by atoms with Crippen LogP contribution in [-0.4, -0.2) is 107 Å². The minimum absolute atomic E-state index is 0. The van der Waals surface area contributed by atoms with Crippen molar-refractivity contribution < 1.29 is 25.0 Å². The normalized spacial score (nSPS) is 18.2. The number of aromatic amines is 1. The van der Waals surface area contributed by atoms with Crippen molar-refractivity contribution >= 4 is 77.5 Å². The Labute approximate surface area is 236 Å². The number of thioether (sulfide) groups is 2. The van der Waals surface area contributed by atoms with Crippen molar-refractivity contribution in [3.63, 3.8) is 0 Å². The number of β-lactam (4-membered cyclic amide) rings is 1. The molecular formula is C18H27Cl2N9O5S3. The number of hydrogen-bond acceptors (Lipinski definition) is 11. The molecule has 0 aliphatic carbocycles. The van der Waals surface area contributed by atoms with E-state index >= 15 is 0 Å². The zero-order valence-electron chi connectivity index (χ0n) is 19.7. The number of aliphatic carboxylic acids is 1. The van der Waals surface area contributed by atoms with Gasteiger partial charge in [-0.3, -0.25) is 19.9 Å². The highest BCUT2D eigenvalue weighted by atomic mass is 35.5. The van der Waals surface area contributed by atoms with Gasteiger partial charge in [0.15, 0.2) is 4.80 Å². The number of carboxylic acid groups (broad SMARTS) is 1. The molecule has 2 amide bonds. The largest absolute Gasteiger partial charge is 0.477 e. The topological polar surface area (TPSA) is 205 Å². The lowest BCUT2D eigenvalue weighted by molar-refractivity contribution is -0.150. The summed E-state index contributed by atoms with van der Waals surface area (Å²) in [4.78, 5) is 43.5. The number of nitrogens with one attached hydrogen (secondary N) is 3. The molecule has 206 valence electrons. The fourth-order valence-electron chi connectivity index (χ4n) is 3.50. The molecule has 6 N–H and O–H groups in total. The third kappa shape index (κ3) is 7.46. The molecule has 19 heteroatoms. The van der Waals surface area contributed by atoms with Crippen LogP contribution in [0.25, 0.3) is 0 Å². The summed E-state index contributed by atoms with van der Waals surface area (Å²) in [6, 6.07) is -0.784. The number of amides is 2. The standard InChI is InChI=1S/C18H23N9O4S3.2ClH.H2O/c1-25(2)3-4-26-18(22-23-24-26)34-7-9-6-32-15-12(14(29)27(15)13(9)16(30)31)21-11(28)5-10-8-33-17(19)20-10;;;/h8,12,15H,3-7H2,1-2H3,(H2,19,20)(H,21,28)(H,30,31);2*1H;1H2/t12-,15+;;;/m1.../s1. The van der Waals surface area contributed by atoms with Crippen LogP contribution in [0, 0.1) is 5.41 Å². The molecule has 4 rings (SSSR count). The van der Waals surface area contributed by atoms with Crippen LogP contribution in [0.1, 0.15) is 5.69 Å². The number of hydrogen-bond donors (Lipinski definition) is 4. The Hall–Kier alpha value is -2.15. The van der Waals surface area contributed by atoms with E-state index < -0.39 is 23.3 Å². The molecule has 1 saturated heterocycles. The number of carboxylic acids is 1. The van der Waals surface area contributed by atoms with Crippen molar-refractivity contribution in [1.29, 1.82) is 5.41 Å². The summed E-state index contributed by atoms with van der Waals surface area (Å²) in [6.45, 7) is 1.35. The number of fused-ring (bicyclic) bond motifs is 1. The Morgan fingerprint density at radius 2 is 2.11 bits per heavy atom. The van der Waals surface area contributed by atoms with E-state index in [4.69, 9.17) is 5.41 Å². The second kappa shape index (κ2) is 14.1. The van der Waals surface area contributed by atoms with Crippen LogP contribution in [0.4, 0.5) is 0 Å². The van der Waals surface area contributed by atoms with Gasteiger partial charge in [0.25, 0.3) is 5.91 Å². The number of halogens is 2. The van der Waals surface area contributed by atoms with Crippen LogP contribution in [0.5, 0.6) is 0 Å². The minimum atomic E-state index is -1.18. The van der Waals surface area contributed by atoms with Gasteiger partial charge in [-0.05, 0) is 30.1 Å². The summed E-state index contributed by atoms with van der Waals surface area (Å²) in [5.74, 6) is -1.25. The molecule has 2 aliphatic rings. The van der Waals surface area contributed by atoms with E-state index in [0.29, 0.717) is 34.5 Å². The van der Waals surface area contributed by atoms with Crippen molar-refractivity contribution in [2.75, 3.05) is 32.1 Å². The first-order valence-electron chi connectivity index (χ1n) is 10.2. The molecule has 0 spiro atoms. The predicted molar refractivity (Wildman–Crippen MR) is 143 cm³/mol.